The zero-order valence-corrected chi connectivity index (χ0v) is 8.82. The summed E-state index contributed by atoms with van der Waals surface area (Å²) in [7, 11) is -2.84. The van der Waals surface area contributed by atoms with Crippen molar-refractivity contribution in [2.75, 3.05) is 12.9 Å². The van der Waals surface area contributed by atoms with Gasteiger partial charge in [0, 0.05) is 5.56 Å². The number of benzene rings is 1. The maximum absolute atomic E-state index is 11.3. The quantitative estimate of drug-likeness (QED) is 0.610. The Morgan fingerprint density at radius 3 is 2.67 bits per heavy atom. The van der Waals surface area contributed by atoms with Crippen LogP contribution in [-0.4, -0.2) is 31.6 Å². The Hall–Kier alpha value is -1.40. The van der Waals surface area contributed by atoms with E-state index in [2.05, 4.69) is 0 Å². The van der Waals surface area contributed by atoms with E-state index in [9.17, 15) is 13.2 Å². The van der Waals surface area contributed by atoms with Crippen molar-refractivity contribution in [3.05, 3.63) is 29.8 Å². The van der Waals surface area contributed by atoms with E-state index in [0.717, 1.165) is 0 Å². The number of ether oxygens (including phenoxy) is 1. The van der Waals surface area contributed by atoms with Crippen LogP contribution < -0.4 is 4.74 Å². The molecule has 0 aliphatic rings. The van der Waals surface area contributed by atoms with Crippen LogP contribution in [0, 0.1) is 0 Å². The maximum atomic E-state index is 11.3. The molecule has 1 N–H and O–H groups in total. The van der Waals surface area contributed by atoms with Crippen LogP contribution in [0.5, 0.6) is 5.75 Å². The van der Waals surface area contributed by atoms with Crippen LogP contribution in [0.2, 0.25) is 0 Å². The molecule has 0 saturated heterocycles. The number of carbonyl (C=O) groups excluding carboxylic acids is 1. The topological polar surface area (TPSA) is 80.7 Å². The maximum Gasteiger partial charge on any atom is 0.272 e. The second-order valence-corrected chi connectivity index (χ2v) is 4.33. The van der Waals surface area contributed by atoms with Crippen LogP contribution in [0.4, 0.5) is 0 Å². The van der Waals surface area contributed by atoms with Gasteiger partial charge in [0.1, 0.15) is 11.5 Å². The highest BCUT2D eigenvalue weighted by Crippen LogP contribution is 2.13. The molecule has 0 saturated carbocycles. The summed E-state index contributed by atoms with van der Waals surface area (Å²) in [5, 5.41) is 0. The lowest BCUT2D eigenvalue weighted by Gasteiger charge is -2.02. The standard InChI is InChI=1S/C9H10O5S/c1-14-8-4-2-3-7(5-8)9(10)6-15(11,12)13/h2-5H,6H2,1H3,(H,11,12,13). The third-order valence-electron chi connectivity index (χ3n) is 1.71. The van der Waals surface area contributed by atoms with Crippen molar-refractivity contribution in [2.45, 2.75) is 0 Å². The van der Waals surface area contributed by atoms with Gasteiger partial charge in [-0.05, 0) is 12.1 Å². The van der Waals surface area contributed by atoms with Crippen LogP contribution in [0.1, 0.15) is 10.4 Å². The molecule has 6 heteroatoms. The van der Waals surface area contributed by atoms with E-state index in [1.54, 1.807) is 12.1 Å². The normalized spacial score (nSPS) is 11.1. The first-order valence-electron chi connectivity index (χ1n) is 4.05. The lowest BCUT2D eigenvalue weighted by Crippen LogP contribution is -2.14. The molecule has 15 heavy (non-hydrogen) atoms. The molecule has 5 nitrogen and oxygen atoms in total. The predicted molar refractivity (Wildman–Crippen MR) is 53.7 cm³/mol. The van der Waals surface area contributed by atoms with Crippen molar-refractivity contribution < 1.29 is 22.5 Å². The average Bonchev–Trinajstić information content (AvgIpc) is 2.15. The van der Waals surface area contributed by atoms with E-state index < -0.39 is 21.7 Å². The smallest absolute Gasteiger partial charge is 0.272 e. The van der Waals surface area contributed by atoms with Crippen LogP contribution in [-0.2, 0) is 10.1 Å². The zero-order chi connectivity index (χ0) is 11.5. The minimum atomic E-state index is -4.28. The van der Waals surface area contributed by atoms with Crippen LogP contribution in [0.3, 0.4) is 0 Å². The van der Waals surface area contributed by atoms with Crippen molar-refractivity contribution in [2.24, 2.45) is 0 Å². The van der Waals surface area contributed by atoms with Gasteiger partial charge in [0.15, 0.2) is 5.78 Å². The SMILES string of the molecule is COc1cccc(C(=O)CS(=O)(=O)O)c1. The lowest BCUT2D eigenvalue weighted by molar-refractivity contribution is 0.101. The van der Waals surface area contributed by atoms with Crippen molar-refractivity contribution in [3.8, 4) is 5.75 Å². The number of hydrogen-bond acceptors (Lipinski definition) is 4. The molecule has 0 unspecified atom stereocenters. The highest BCUT2D eigenvalue weighted by atomic mass is 32.2. The van der Waals surface area contributed by atoms with Gasteiger partial charge < -0.3 is 4.74 Å². The highest BCUT2D eigenvalue weighted by molar-refractivity contribution is 7.86. The van der Waals surface area contributed by atoms with E-state index in [1.807, 2.05) is 0 Å². The van der Waals surface area contributed by atoms with Gasteiger partial charge in [-0.15, -0.1) is 0 Å². The van der Waals surface area contributed by atoms with Crippen LogP contribution >= 0.6 is 0 Å². The average molecular weight is 230 g/mol. The minimum absolute atomic E-state index is 0.187. The van der Waals surface area contributed by atoms with Gasteiger partial charge in [0.25, 0.3) is 10.1 Å². The molecule has 0 bridgehead atoms. The second kappa shape index (κ2) is 4.41. The molecular formula is C9H10O5S. The van der Waals surface area contributed by atoms with Gasteiger partial charge in [-0.1, -0.05) is 12.1 Å². The molecule has 0 fully saturated rings. The molecule has 1 aromatic rings. The zero-order valence-electron chi connectivity index (χ0n) is 8.00. The summed E-state index contributed by atoms with van der Waals surface area (Å²) in [6.07, 6.45) is 0. The van der Waals surface area contributed by atoms with Crippen molar-refractivity contribution in [3.63, 3.8) is 0 Å². The van der Waals surface area contributed by atoms with Crippen molar-refractivity contribution in [1.82, 2.24) is 0 Å². The molecule has 82 valence electrons. The van der Waals surface area contributed by atoms with E-state index in [-0.39, 0.29) is 5.56 Å². The molecule has 1 rings (SSSR count). The number of methoxy groups -OCH3 is 1. The fraction of sp³-hybridized carbons (Fsp3) is 0.222. The Balaban J connectivity index is 2.92. The van der Waals surface area contributed by atoms with Gasteiger partial charge in [-0.3, -0.25) is 9.35 Å². The summed E-state index contributed by atoms with van der Waals surface area (Å²) in [6.45, 7) is 0. The fourth-order valence-electron chi connectivity index (χ4n) is 1.05. The first-order chi connectivity index (χ1) is 6.92. The van der Waals surface area contributed by atoms with Gasteiger partial charge in [-0.25, -0.2) is 0 Å². The Labute approximate surface area is 87.4 Å². The summed E-state index contributed by atoms with van der Waals surface area (Å²) in [5.41, 5.74) is 0.187. The van der Waals surface area contributed by atoms with Crippen LogP contribution in [0.15, 0.2) is 24.3 Å². The molecule has 0 aromatic heterocycles. The molecule has 1 aromatic carbocycles. The molecule has 0 atom stereocenters. The summed E-state index contributed by atoms with van der Waals surface area (Å²) in [4.78, 5) is 11.3. The number of Topliss-reactive ketones (excluding diaryl/α,β-unsaturated/α-hetero) is 1. The van der Waals surface area contributed by atoms with E-state index in [0.29, 0.717) is 5.75 Å². The lowest BCUT2D eigenvalue weighted by atomic mass is 10.1. The summed E-state index contributed by atoms with van der Waals surface area (Å²) < 4.78 is 34.3. The molecule has 0 amide bonds. The van der Waals surface area contributed by atoms with E-state index in [4.69, 9.17) is 9.29 Å². The van der Waals surface area contributed by atoms with Gasteiger partial charge in [0.05, 0.1) is 7.11 Å². The second-order valence-electron chi connectivity index (χ2n) is 2.88. The van der Waals surface area contributed by atoms with Gasteiger partial charge in [-0.2, -0.15) is 8.42 Å². The fourth-order valence-corrected chi connectivity index (χ4v) is 1.54. The van der Waals surface area contributed by atoms with Crippen LogP contribution in [0.25, 0.3) is 0 Å². The van der Waals surface area contributed by atoms with E-state index in [1.165, 1.54) is 19.2 Å². The monoisotopic (exact) mass is 230 g/mol. The molecule has 0 heterocycles. The minimum Gasteiger partial charge on any atom is -0.497 e. The van der Waals surface area contributed by atoms with E-state index >= 15 is 0 Å². The Bertz CT molecular complexity index is 463. The molecule has 0 aliphatic heterocycles. The molecule has 0 aliphatic carbocycles. The molecule has 0 spiro atoms. The van der Waals surface area contributed by atoms with Gasteiger partial charge in [0.2, 0.25) is 0 Å². The summed E-state index contributed by atoms with van der Waals surface area (Å²) >= 11 is 0. The first kappa shape index (κ1) is 11.7. The highest BCUT2D eigenvalue weighted by Gasteiger charge is 2.15. The molecule has 0 radical (unpaired) electrons. The van der Waals surface area contributed by atoms with Gasteiger partial charge >= 0.3 is 0 Å². The number of hydrogen-bond donors (Lipinski definition) is 1. The predicted octanol–water partition coefficient (Wildman–Crippen LogP) is 0.766. The van der Waals surface area contributed by atoms with Crippen molar-refractivity contribution >= 4 is 15.9 Å². The third-order valence-corrected chi connectivity index (χ3v) is 2.33. The molecular weight excluding hydrogens is 220 g/mol. The Morgan fingerprint density at radius 2 is 2.13 bits per heavy atom. The number of ketones is 1. The Morgan fingerprint density at radius 1 is 1.47 bits per heavy atom. The Kier molecular flexibility index (Phi) is 3.43. The van der Waals surface area contributed by atoms with Crippen molar-refractivity contribution in [1.29, 1.82) is 0 Å². The number of rotatable bonds is 4. The summed E-state index contributed by atoms with van der Waals surface area (Å²) in [5.74, 6) is -1.13. The number of carbonyl (C=O) groups is 1. The largest absolute Gasteiger partial charge is 0.497 e. The summed E-state index contributed by atoms with van der Waals surface area (Å²) in [6, 6.07) is 6.06. The first-order valence-corrected chi connectivity index (χ1v) is 5.66. The third kappa shape index (κ3) is 3.69.